The molecule has 0 atom stereocenters. The average molecular weight is 822 g/mol. The zero-order chi connectivity index (χ0) is 41.8. The summed E-state index contributed by atoms with van der Waals surface area (Å²) in [5.74, 6) is 0.640. The maximum absolute atomic E-state index is 13.3. The first-order chi connectivity index (χ1) is 27.5. The fourth-order valence-electron chi connectivity index (χ4n) is 5.23. The number of non-ortho nitro benzene ring substituents is 1. The van der Waals surface area contributed by atoms with Crippen LogP contribution >= 0.6 is 12.6 Å². The highest BCUT2D eigenvalue weighted by molar-refractivity contribution is 7.80. The molecule has 0 saturated carbocycles. The van der Waals surface area contributed by atoms with Crippen molar-refractivity contribution >= 4 is 42.4 Å². The number of amides is 3. The Hall–Kier alpha value is -4.49. The topological polar surface area (TPSA) is 189 Å². The third-order valence-electron chi connectivity index (χ3n) is 8.54. The first kappa shape index (κ1) is 48.7. The van der Waals surface area contributed by atoms with E-state index in [1.807, 2.05) is 6.92 Å². The number of ether oxygens (including phenoxy) is 6. The van der Waals surface area contributed by atoms with Crippen LogP contribution in [0.25, 0.3) is 0 Å². The maximum Gasteiger partial charge on any atom is 0.514 e. The van der Waals surface area contributed by atoms with Crippen LogP contribution in [0.2, 0.25) is 0 Å². The Kier molecular flexibility index (Phi) is 24.6. The Balaban J connectivity index is 1.95. The van der Waals surface area contributed by atoms with Gasteiger partial charge in [-0.25, -0.2) is 9.59 Å². The van der Waals surface area contributed by atoms with Crippen molar-refractivity contribution in [1.82, 2.24) is 20.0 Å². The minimum absolute atomic E-state index is 0.0187. The lowest BCUT2D eigenvalue weighted by Gasteiger charge is -2.26. The van der Waals surface area contributed by atoms with E-state index < -0.39 is 17.2 Å². The van der Waals surface area contributed by atoms with Crippen LogP contribution in [0.3, 0.4) is 0 Å². The van der Waals surface area contributed by atoms with Crippen molar-refractivity contribution in [3.63, 3.8) is 0 Å². The van der Waals surface area contributed by atoms with Gasteiger partial charge in [-0.3, -0.25) is 19.7 Å². The summed E-state index contributed by atoms with van der Waals surface area (Å²) in [5, 5.41) is 13.7. The highest BCUT2D eigenvalue weighted by atomic mass is 32.1. The van der Waals surface area contributed by atoms with Gasteiger partial charge in [0.15, 0.2) is 0 Å². The number of carbonyl (C=O) groups excluding carboxylic acids is 4. The van der Waals surface area contributed by atoms with Gasteiger partial charge in [0.25, 0.3) is 5.69 Å². The molecule has 0 aromatic heterocycles. The molecule has 0 fully saturated rings. The number of hydrogen-bond acceptors (Lipinski definition) is 14. The highest BCUT2D eigenvalue weighted by Gasteiger charge is 2.20. The van der Waals surface area contributed by atoms with Gasteiger partial charge in [0.05, 0.1) is 31.4 Å². The Morgan fingerprint density at radius 3 is 2.04 bits per heavy atom. The standard InChI is InChI=1S/C39H59N5O12S/c1-5-41(6-2)19-20-42(7-3)38(47)56-36-15-10-32(30-54-39(48)55-35-13-11-34(12-14-35)44(49)50)28-33(36)29-43(31(4)45)18-9-22-52-24-26-53-25-23-51-21-8-17-40-37(46)16-27-57/h10-15,28,57H,5-9,16-27,29-30H2,1-4H3,(H,40,46). The fourth-order valence-corrected chi connectivity index (χ4v) is 5.44. The van der Waals surface area contributed by atoms with Crippen LogP contribution in [-0.4, -0.2) is 135 Å². The van der Waals surface area contributed by atoms with Crippen LogP contribution in [0.1, 0.15) is 58.1 Å². The lowest BCUT2D eigenvalue weighted by atomic mass is 10.1. The van der Waals surface area contributed by atoms with Gasteiger partial charge >= 0.3 is 12.2 Å². The third kappa shape index (κ3) is 20.5. The van der Waals surface area contributed by atoms with E-state index in [1.54, 1.807) is 28.0 Å². The first-order valence-corrected chi connectivity index (χ1v) is 19.9. The van der Waals surface area contributed by atoms with E-state index in [2.05, 4.69) is 36.7 Å². The lowest BCUT2D eigenvalue weighted by molar-refractivity contribution is -0.384. The normalized spacial score (nSPS) is 10.9. The monoisotopic (exact) mass is 821 g/mol. The highest BCUT2D eigenvalue weighted by Crippen LogP contribution is 2.25. The van der Waals surface area contributed by atoms with Gasteiger partial charge in [-0.15, -0.1) is 0 Å². The van der Waals surface area contributed by atoms with E-state index in [0.717, 1.165) is 13.1 Å². The molecule has 0 radical (unpaired) electrons. The van der Waals surface area contributed by atoms with Crippen LogP contribution in [-0.2, 0) is 41.7 Å². The van der Waals surface area contributed by atoms with E-state index in [0.29, 0.717) is 109 Å². The second-order valence-electron chi connectivity index (χ2n) is 12.6. The summed E-state index contributed by atoms with van der Waals surface area (Å²) in [4.78, 5) is 65.7. The molecule has 18 heteroatoms. The summed E-state index contributed by atoms with van der Waals surface area (Å²) < 4.78 is 33.1. The second-order valence-corrected chi connectivity index (χ2v) is 13.1. The van der Waals surface area contributed by atoms with Crippen LogP contribution in [0, 0.1) is 10.1 Å². The summed E-state index contributed by atoms with van der Waals surface area (Å²) >= 11 is 4.03. The molecule has 0 spiro atoms. The van der Waals surface area contributed by atoms with Gasteiger partial charge in [0.2, 0.25) is 11.8 Å². The molecule has 2 aromatic carbocycles. The molecule has 0 heterocycles. The molecule has 0 aliphatic rings. The molecule has 3 amide bonds. The molecule has 2 rings (SSSR count). The van der Waals surface area contributed by atoms with Gasteiger partial charge in [-0.1, -0.05) is 19.9 Å². The second kappa shape index (κ2) is 28.8. The zero-order valence-corrected chi connectivity index (χ0v) is 34.5. The smallest absolute Gasteiger partial charge is 0.429 e. The third-order valence-corrected chi connectivity index (χ3v) is 8.77. The average Bonchev–Trinajstić information content (AvgIpc) is 3.19. The van der Waals surface area contributed by atoms with E-state index in [9.17, 15) is 29.3 Å². The Morgan fingerprint density at radius 2 is 1.44 bits per heavy atom. The Morgan fingerprint density at radius 1 is 0.789 bits per heavy atom. The van der Waals surface area contributed by atoms with Gasteiger partial charge in [-0.05, 0) is 68.4 Å². The molecule has 0 aliphatic carbocycles. The van der Waals surface area contributed by atoms with Crippen LogP contribution < -0.4 is 14.8 Å². The number of nitrogens with one attached hydrogen (secondary N) is 1. The molecule has 2 aromatic rings. The Bertz CT molecular complexity index is 1510. The van der Waals surface area contributed by atoms with Gasteiger partial charge in [0, 0.05) is 83.5 Å². The molecule has 1 N–H and O–H groups in total. The zero-order valence-electron chi connectivity index (χ0n) is 33.6. The maximum atomic E-state index is 13.3. The Labute approximate surface area is 340 Å². The predicted octanol–water partition coefficient (Wildman–Crippen LogP) is 5.09. The minimum Gasteiger partial charge on any atom is -0.429 e. The van der Waals surface area contributed by atoms with E-state index in [1.165, 1.54) is 31.2 Å². The number of likely N-dealkylation sites (N-methyl/N-ethyl adjacent to an activating group) is 2. The molecule has 0 bridgehead atoms. The largest absolute Gasteiger partial charge is 0.514 e. The number of thiol groups is 1. The number of hydrogen-bond donors (Lipinski definition) is 2. The molecular formula is C39H59N5O12S. The summed E-state index contributed by atoms with van der Waals surface area (Å²) in [6, 6.07) is 9.94. The molecule has 0 saturated heterocycles. The van der Waals surface area contributed by atoms with Gasteiger partial charge < -0.3 is 48.4 Å². The van der Waals surface area contributed by atoms with Crippen molar-refractivity contribution in [3.8, 4) is 11.5 Å². The quantitative estimate of drug-likeness (QED) is 0.0276. The van der Waals surface area contributed by atoms with Crippen LogP contribution in [0.4, 0.5) is 15.3 Å². The molecule has 0 aliphatic heterocycles. The number of nitro benzene ring substituents is 1. The molecule has 0 unspecified atom stereocenters. The number of nitro groups is 1. The van der Waals surface area contributed by atoms with Crippen molar-refractivity contribution < 1.29 is 52.5 Å². The van der Waals surface area contributed by atoms with E-state index in [4.69, 9.17) is 28.4 Å². The summed E-state index contributed by atoms with van der Waals surface area (Å²) in [7, 11) is 0. The predicted molar refractivity (Wildman–Crippen MR) is 216 cm³/mol. The summed E-state index contributed by atoms with van der Waals surface area (Å²) in [6.45, 7) is 14.1. The summed E-state index contributed by atoms with van der Waals surface area (Å²) in [6.07, 6.45) is 0.105. The number of nitrogens with zero attached hydrogens (tertiary/aromatic N) is 4. The lowest BCUT2D eigenvalue weighted by Crippen LogP contribution is -2.40. The SMILES string of the molecule is CCN(CC)CCN(CC)C(=O)Oc1ccc(COC(=O)Oc2ccc([N+](=O)[O-])cc2)cc1CN(CCCOCCOCCOCCCNC(=O)CCS)C(C)=O. The fraction of sp³-hybridized carbons (Fsp3) is 0.590. The van der Waals surface area contributed by atoms with Crippen molar-refractivity contribution in [3.05, 3.63) is 63.7 Å². The van der Waals surface area contributed by atoms with Crippen molar-refractivity contribution in [2.75, 3.05) is 91.2 Å². The van der Waals surface area contributed by atoms with Crippen LogP contribution in [0.5, 0.6) is 11.5 Å². The van der Waals surface area contributed by atoms with E-state index >= 15 is 0 Å². The molecule has 57 heavy (non-hydrogen) atoms. The molecular weight excluding hydrogens is 763 g/mol. The van der Waals surface area contributed by atoms with Crippen molar-refractivity contribution in [2.45, 2.75) is 60.1 Å². The van der Waals surface area contributed by atoms with Gasteiger partial charge in [0.1, 0.15) is 18.1 Å². The molecule has 17 nitrogen and oxygen atoms in total. The first-order valence-electron chi connectivity index (χ1n) is 19.3. The van der Waals surface area contributed by atoms with Crippen LogP contribution in [0.15, 0.2) is 42.5 Å². The number of rotatable bonds is 29. The minimum atomic E-state index is -1.02. The van der Waals surface area contributed by atoms with Crippen molar-refractivity contribution in [2.24, 2.45) is 0 Å². The van der Waals surface area contributed by atoms with Crippen molar-refractivity contribution in [1.29, 1.82) is 0 Å². The van der Waals surface area contributed by atoms with E-state index in [-0.39, 0.29) is 42.2 Å². The summed E-state index contributed by atoms with van der Waals surface area (Å²) in [5.41, 5.74) is 0.922. The number of carbonyl (C=O) groups is 4. The molecule has 318 valence electrons. The number of benzene rings is 2. The van der Waals surface area contributed by atoms with Gasteiger partial charge in [-0.2, -0.15) is 12.6 Å².